The van der Waals surface area contributed by atoms with Gasteiger partial charge in [0.15, 0.2) is 0 Å². The lowest BCUT2D eigenvalue weighted by molar-refractivity contribution is 0.0526. The van der Waals surface area contributed by atoms with Crippen molar-refractivity contribution in [2.75, 3.05) is 6.61 Å². The van der Waals surface area contributed by atoms with E-state index >= 15 is 0 Å². The van der Waals surface area contributed by atoms with E-state index in [4.69, 9.17) is 4.74 Å². The van der Waals surface area contributed by atoms with Gasteiger partial charge in [-0.3, -0.25) is 4.98 Å². The van der Waals surface area contributed by atoms with E-state index in [9.17, 15) is 4.79 Å². The highest BCUT2D eigenvalue weighted by Crippen LogP contribution is 2.04. The molecule has 0 bridgehead atoms. The summed E-state index contributed by atoms with van der Waals surface area (Å²) in [4.78, 5) is 15.4. The van der Waals surface area contributed by atoms with E-state index in [1.54, 1.807) is 25.3 Å². The summed E-state index contributed by atoms with van der Waals surface area (Å²) in [5, 5.41) is 0. The van der Waals surface area contributed by atoms with E-state index in [2.05, 4.69) is 4.98 Å². The van der Waals surface area contributed by atoms with Gasteiger partial charge in [-0.05, 0) is 25.5 Å². The van der Waals surface area contributed by atoms with E-state index in [-0.39, 0.29) is 5.97 Å². The molecule has 0 aliphatic rings. The van der Waals surface area contributed by atoms with Gasteiger partial charge in [-0.2, -0.15) is 0 Å². The molecule has 70 valence electrons. The fourth-order valence-electron chi connectivity index (χ4n) is 1.01. The van der Waals surface area contributed by atoms with E-state index in [1.165, 1.54) is 0 Å². The van der Waals surface area contributed by atoms with Crippen LogP contribution in [0.1, 0.15) is 29.9 Å². The average Bonchev–Trinajstić information content (AvgIpc) is 2.18. The maximum atomic E-state index is 11.3. The Hall–Kier alpha value is -1.38. The highest BCUT2D eigenvalue weighted by atomic mass is 16.5. The molecule has 13 heavy (non-hydrogen) atoms. The molecule has 1 aromatic rings. The van der Waals surface area contributed by atoms with E-state index in [0.717, 1.165) is 12.1 Å². The molecule has 0 atom stereocenters. The predicted molar refractivity (Wildman–Crippen MR) is 49.6 cm³/mol. The minimum atomic E-state index is -0.278. The van der Waals surface area contributed by atoms with E-state index < -0.39 is 0 Å². The van der Waals surface area contributed by atoms with Gasteiger partial charge in [0, 0.05) is 11.9 Å². The zero-order valence-corrected chi connectivity index (χ0v) is 7.91. The van der Waals surface area contributed by atoms with Gasteiger partial charge in [0.05, 0.1) is 12.2 Å². The van der Waals surface area contributed by atoms with E-state index in [0.29, 0.717) is 12.2 Å². The molecule has 3 heteroatoms. The van der Waals surface area contributed by atoms with Crippen molar-refractivity contribution < 1.29 is 9.53 Å². The van der Waals surface area contributed by atoms with Crippen LogP contribution in [0.3, 0.4) is 0 Å². The number of hydrogen-bond acceptors (Lipinski definition) is 3. The van der Waals surface area contributed by atoms with Gasteiger partial charge in [0.1, 0.15) is 0 Å². The standard InChI is InChI=1S/C10H13NO2/c1-3-9-7-8(5-6-11-9)10(12)13-4-2/h5-7H,3-4H2,1-2H3. The van der Waals surface area contributed by atoms with Crippen molar-refractivity contribution >= 4 is 5.97 Å². The Morgan fingerprint density at radius 2 is 2.31 bits per heavy atom. The molecule has 3 nitrogen and oxygen atoms in total. The van der Waals surface area contributed by atoms with Crippen molar-refractivity contribution in [1.29, 1.82) is 0 Å². The number of pyridine rings is 1. The molecule has 0 spiro atoms. The van der Waals surface area contributed by atoms with Gasteiger partial charge in [0.25, 0.3) is 0 Å². The lowest BCUT2D eigenvalue weighted by Crippen LogP contribution is -2.05. The van der Waals surface area contributed by atoms with Crippen molar-refractivity contribution in [3.63, 3.8) is 0 Å². The normalized spacial score (nSPS) is 9.69. The molecule has 0 N–H and O–H groups in total. The van der Waals surface area contributed by atoms with Gasteiger partial charge in [0.2, 0.25) is 0 Å². The van der Waals surface area contributed by atoms with Crippen LogP contribution in [-0.2, 0) is 11.2 Å². The summed E-state index contributed by atoms with van der Waals surface area (Å²) in [7, 11) is 0. The summed E-state index contributed by atoms with van der Waals surface area (Å²) in [5.74, 6) is -0.278. The number of hydrogen-bond donors (Lipinski definition) is 0. The zero-order chi connectivity index (χ0) is 9.68. The SMILES string of the molecule is CCOC(=O)c1ccnc(CC)c1. The second-order valence-electron chi connectivity index (χ2n) is 2.61. The van der Waals surface area contributed by atoms with Crippen LogP contribution in [0, 0.1) is 0 Å². The molecule has 0 aliphatic heterocycles. The number of aromatic nitrogens is 1. The minimum absolute atomic E-state index is 0.278. The summed E-state index contributed by atoms with van der Waals surface area (Å²) in [5.41, 5.74) is 1.49. The first-order valence-electron chi connectivity index (χ1n) is 4.40. The van der Waals surface area contributed by atoms with Crippen LogP contribution in [0.2, 0.25) is 0 Å². The minimum Gasteiger partial charge on any atom is -0.462 e. The van der Waals surface area contributed by atoms with E-state index in [1.807, 2.05) is 6.92 Å². The number of carbonyl (C=O) groups is 1. The number of carbonyl (C=O) groups excluding carboxylic acids is 1. The monoisotopic (exact) mass is 179 g/mol. The molecule has 0 aromatic carbocycles. The molecule has 1 aromatic heterocycles. The summed E-state index contributed by atoms with van der Waals surface area (Å²) >= 11 is 0. The Morgan fingerprint density at radius 1 is 1.54 bits per heavy atom. The van der Waals surface area contributed by atoms with Gasteiger partial charge in [-0.25, -0.2) is 4.79 Å². The first kappa shape index (κ1) is 9.71. The topological polar surface area (TPSA) is 39.2 Å². The summed E-state index contributed by atoms with van der Waals surface area (Å²) in [6.07, 6.45) is 2.46. The van der Waals surface area contributed by atoms with Crippen molar-refractivity contribution in [3.05, 3.63) is 29.6 Å². The third-order valence-electron chi connectivity index (χ3n) is 1.69. The van der Waals surface area contributed by atoms with Crippen LogP contribution in [0.15, 0.2) is 18.3 Å². The Morgan fingerprint density at radius 3 is 2.92 bits per heavy atom. The fourth-order valence-corrected chi connectivity index (χ4v) is 1.01. The molecular weight excluding hydrogens is 166 g/mol. The van der Waals surface area contributed by atoms with Gasteiger partial charge in [-0.15, -0.1) is 0 Å². The highest BCUT2D eigenvalue weighted by molar-refractivity contribution is 5.89. The first-order chi connectivity index (χ1) is 6.27. The highest BCUT2D eigenvalue weighted by Gasteiger charge is 2.05. The van der Waals surface area contributed by atoms with Crippen molar-refractivity contribution in [2.24, 2.45) is 0 Å². The fraction of sp³-hybridized carbons (Fsp3) is 0.400. The average molecular weight is 179 g/mol. The van der Waals surface area contributed by atoms with Crippen LogP contribution < -0.4 is 0 Å². The van der Waals surface area contributed by atoms with Crippen molar-refractivity contribution in [1.82, 2.24) is 4.98 Å². The zero-order valence-electron chi connectivity index (χ0n) is 7.91. The smallest absolute Gasteiger partial charge is 0.338 e. The first-order valence-corrected chi connectivity index (χ1v) is 4.40. The molecule has 0 amide bonds. The number of rotatable bonds is 3. The molecule has 0 radical (unpaired) electrons. The van der Waals surface area contributed by atoms with Crippen LogP contribution in [0.5, 0.6) is 0 Å². The van der Waals surface area contributed by atoms with Crippen LogP contribution >= 0.6 is 0 Å². The van der Waals surface area contributed by atoms with Gasteiger partial charge < -0.3 is 4.74 Å². The molecule has 0 saturated carbocycles. The molecule has 1 heterocycles. The predicted octanol–water partition coefficient (Wildman–Crippen LogP) is 1.82. The Balaban J connectivity index is 2.82. The quantitative estimate of drug-likeness (QED) is 0.664. The van der Waals surface area contributed by atoms with Crippen molar-refractivity contribution in [3.8, 4) is 0 Å². The van der Waals surface area contributed by atoms with Gasteiger partial charge >= 0.3 is 5.97 Å². The van der Waals surface area contributed by atoms with Crippen LogP contribution in [-0.4, -0.2) is 17.6 Å². The second-order valence-corrected chi connectivity index (χ2v) is 2.61. The number of nitrogens with zero attached hydrogens (tertiary/aromatic N) is 1. The summed E-state index contributed by atoms with van der Waals surface area (Å²) in [6, 6.07) is 3.43. The Labute approximate surface area is 77.8 Å². The number of ether oxygens (including phenoxy) is 1. The van der Waals surface area contributed by atoms with Crippen molar-refractivity contribution in [2.45, 2.75) is 20.3 Å². The molecule has 0 fully saturated rings. The maximum absolute atomic E-state index is 11.3. The Kier molecular flexibility index (Phi) is 3.43. The molecule has 0 aliphatic carbocycles. The maximum Gasteiger partial charge on any atom is 0.338 e. The summed E-state index contributed by atoms with van der Waals surface area (Å²) in [6.45, 7) is 4.19. The van der Waals surface area contributed by atoms with Crippen LogP contribution in [0.4, 0.5) is 0 Å². The lowest BCUT2D eigenvalue weighted by Gasteiger charge is -2.02. The second kappa shape index (κ2) is 4.60. The largest absolute Gasteiger partial charge is 0.462 e. The Bertz CT molecular complexity index is 297. The number of esters is 1. The third kappa shape index (κ3) is 2.54. The molecular formula is C10H13NO2. The summed E-state index contributed by atoms with van der Waals surface area (Å²) < 4.78 is 4.86. The molecule has 0 unspecified atom stereocenters. The van der Waals surface area contributed by atoms with Gasteiger partial charge in [-0.1, -0.05) is 6.92 Å². The van der Waals surface area contributed by atoms with Crippen LogP contribution in [0.25, 0.3) is 0 Å². The lowest BCUT2D eigenvalue weighted by atomic mass is 10.2. The molecule has 0 saturated heterocycles. The molecule has 1 rings (SSSR count). The third-order valence-corrected chi connectivity index (χ3v) is 1.69. The number of aryl methyl sites for hydroxylation is 1.